The Bertz CT molecular complexity index is 852. The van der Waals surface area contributed by atoms with Crippen LogP contribution in [0.4, 0.5) is 0 Å². The molecule has 2 amide bonds. The maximum absolute atomic E-state index is 12.8. The molecule has 1 heterocycles. The highest BCUT2D eigenvalue weighted by Crippen LogP contribution is 2.33. The molecule has 1 unspecified atom stereocenters. The van der Waals surface area contributed by atoms with E-state index in [1.165, 1.54) is 0 Å². The van der Waals surface area contributed by atoms with Crippen LogP contribution in [0.25, 0.3) is 0 Å². The minimum absolute atomic E-state index is 0.207. The second-order valence-corrected chi connectivity index (χ2v) is 5.86. The second kappa shape index (κ2) is 5.30. The van der Waals surface area contributed by atoms with E-state index in [1.54, 1.807) is 36.4 Å². The van der Waals surface area contributed by atoms with Gasteiger partial charge >= 0.3 is 0 Å². The molecule has 0 spiro atoms. The summed E-state index contributed by atoms with van der Waals surface area (Å²) in [5, 5.41) is 0. The van der Waals surface area contributed by atoms with E-state index < -0.39 is 17.9 Å². The van der Waals surface area contributed by atoms with Crippen molar-refractivity contribution in [1.29, 1.82) is 0 Å². The third-order valence-corrected chi connectivity index (χ3v) is 4.51. The summed E-state index contributed by atoms with van der Waals surface area (Å²) in [6, 6.07) is 11.2. The van der Waals surface area contributed by atoms with Crippen molar-refractivity contribution in [3.05, 3.63) is 64.7 Å². The highest BCUT2D eigenvalue weighted by atomic mass is 16.5. The molecule has 1 aliphatic heterocycles. The number of nitrogens with zero attached hydrogens (tertiary/aromatic N) is 1. The largest absolute Gasteiger partial charge is 0.494 e. The molecule has 0 fully saturated rings. The quantitative estimate of drug-likeness (QED) is 0.815. The Balaban J connectivity index is 1.69. The number of Topliss-reactive ketones (excluding diaryl/α,β-unsaturated/α-hetero) is 1. The van der Waals surface area contributed by atoms with Gasteiger partial charge in [-0.05, 0) is 36.8 Å². The summed E-state index contributed by atoms with van der Waals surface area (Å²) in [5.41, 5.74) is 2.09. The van der Waals surface area contributed by atoms with E-state index in [9.17, 15) is 14.4 Å². The molecule has 2 aliphatic rings. The molecule has 5 heteroatoms. The maximum atomic E-state index is 12.8. The van der Waals surface area contributed by atoms with Crippen LogP contribution in [0.5, 0.6) is 5.75 Å². The van der Waals surface area contributed by atoms with E-state index in [4.69, 9.17) is 4.74 Å². The van der Waals surface area contributed by atoms with Crippen molar-refractivity contribution in [1.82, 2.24) is 4.90 Å². The summed E-state index contributed by atoms with van der Waals surface area (Å²) < 4.78 is 5.43. The summed E-state index contributed by atoms with van der Waals surface area (Å²) >= 11 is 0. The molecular weight excluding hydrogens is 306 g/mol. The fraction of sp³-hybridized carbons (Fsp3) is 0.211. The molecule has 120 valence electrons. The highest BCUT2D eigenvalue weighted by Gasteiger charge is 2.45. The SMILES string of the molecule is CCOc1ccc2c(c1)C(=O)C(N1C(=O)c3ccccc3C1=O)C2. The zero-order chi connectivity index (χ0) is 16.8. The van der Waals surface area contributed by atoms with Gasteiger partial charge in [-0.1, -0.05) is 18.2 Å². The predicted octanol–water partition coefficient (Wildman–Crippen LogP) is 2.49. The molecule has 0 bridgehead atoms. The molecule has 24 heavy (non-hydrogen) atoms. The van der Waals surface area contributed by atoms with E-state index in [0.29, 0.717) is 35.5 Å². The maximum Gasteiger partial charge on any atom is 0.262 e. The van der Waals surface area contributed by atoms with Gasteiger partial charge in [-0.15, -0.1) is 0 Å². The number of amides is 2. The van der Waals surface area contributed by atoms with E-state index in [1.807, 2.05) is 13.0 Å². The van der Waals surface area contributed by atoms with Gasteiger partial charge < -0.3 is 4.74 Å². The zero-order valence-corrected chi connectivity index (χ0v) is 13.1. The molecule has 1 aliphatic carbocycles. The van der Waals surface area contributed by atoms with Crippen LogP contribution in [-0.2, 0) is 6.42 Å². The van der Waals surface area contributed by atoms with Crippen LogP contribution in [0.3, 0.4) is 0 Å². The molecular formula is C19H15NO4. The van der Waals surface area contributed by atoms with Crippen LogP contribution < -0.4 is 4.74 Å². The van der Waals surface area contributed by atoms with Gasteiger partial charge in [0.1, 0.15) is 11.8 Å². The molecule has 0 saturated carbocycles. The molecule has 2 aromatic rings. The monoisotopic (exact) mass is 321 g/mol. The Morgan fingerprint density at radius 3 is 2.29 bits per heavy atom. The third kappa shape index (κ3) is 1.98. The number of hydrogen-bond donors (Lipinski definition) is 0. The van der Waals surface area contributed by atoms with Gasteiger partial charge in [-0.2, -0.15) is 0 Å². The first-order chi connectivity index (χ1) is 11.6. The minimum atomic E-state index is -0.774. The van der Waals surface area contributed by atoms with Crippen molar-refractivity contribution in [2.45, 2.75) is 19.4 Å². The number of ketones is 1. The van der Waals surface area contributed by atoms with Crippen molar-refractivity contribution in [3.63, 3.8) is 0 Å². The Morgan fingerprint density at radius 2 is 1.67 bits per heavy atom. The third-order valence-electron chi connectivity index (χ3n) is 4.51. The molecule has 1 atom stereocenters. The molecule has 5 nitrogen and oxygen atoms in total. The van der Waals surface area contributed by atoms with Crippen LogP contribution >= 0.6 is 0 Å². The van der Waals surface area contributed by atoms with Crippen LogP contribution in [0.15, 0.2) is 42.5 Å². The molecule has 2 aromatic carbocycles. The average molecular weight is 321 g/mol. The fourth-order valence-corrected chi connectivity index (χ4v) is 3.40. The van der Waals surface area contributed by atoms with Gasteiger partial charge in [0.25, 0.3) is 11.8 Å². The second-order valence-electron chi connectivity index (χ2n) is 5.86. The molecule has 0 N–H and O–H groups in total. The first-order valence-electron chi connectivity index (χ1n) is 7.88. The van der Waals surface area contributed by atoms with Crippen LogP contribution in [0.2, 0.25) is 0 Å². The standard InChI is InChI=1S/C19H15NO4/c1-2-24-12-8-7-11-9-16(17(21)15(11)10-12)20-18(22)13-5-3-4-6-14(13)19(20)23/h3-8,10,16H,2,9H2,1H3. The van der Waals surface area contributed by atoms with Gasteiger partial charge in [-0.25, -0.2) is 0 Å². The molecule has 0 aromatic heterocycles. The number of carbonyl (C=O) groups excluding carboxylic acids is 3. The first-order valence-corrected chi connectivity index (χ1v) is 7.88. The first kappa shape index (κ1) is 14.6. The summed E-state index contributed by atoms with van der Waals surface area (Å²) in [6.45, 7) is 2.38. The normalized spacial score (nSPS) is 18.8. The lowest BCUT2D eigenvalue weighted by Crippen LogP contribution is -2.43. The summed E-state index contributed by atoms with van der Waals surface area (Å²) in [4.78, 5) is 39.1. The van der Waals surface area contributed by atoms with Crippen molar-refractivity contribution in [2.75, 3.05) is 6.61 Å². The number of fused-ring (bicyclic) bond motifs is 2. The van der Waals surface area contributed by atoms with Crippen molar-refractivity contribution in [3.8, 4) is 5.75 Å². The van der Waals surface area contributed by atoms with Crippen molar-refractivity contribution >= 4 is 17.6 Å². The molecule has 4 rings (SSSR count). The van der Waals surface area contributed by atoms with Crippen molar-refractivity contribution in [2.24, 2.45) is 0 Å². The Hall–Kier alpha value is -2.95. The number of imide groups is 1. The van der Waals surface area contributed by atoms with E-state index in [0.717, 1.165) is 10.5 Å². The van der Waals surface area contributed by atoms with Gasteiger partial charge in [0.15, 0.2) is 5.78 Å². The lowest BCUT2D eigenvalue weighted by molar-refractivity contribution is 0.0551. The van der Waals surface area contributed by atoms with Gasteiger partial charge in [-0.3, -0.25) is 19.3 Å². The minimum Gasteiger partial charge on any atom is -0.494 e. The Kier molecular flexibility index (Phi) is 3.23. The Morgan fingerprint density at radius 1 is 1.00 bits per heavy atom. The van der Waals surface area contributed by atoms with Crippen LogP contribution in [0.1, 0.15) is 43.6 Å². The van der Waals surface area contributed by atoms with E-state index in [2.05, 4.69) is 0 Å². The van der Waals surface area contributed by atoms with Gasteiger partial charge in [0, 0.05) is 12.0 Å². The lowest BCUT2D eigenvalue weighted by Gasteiger charge is -2.20. The zero-order valence-electron chi connectivity index (χ0n) is 13.1. The van der Waals surface area contributed by atoms with Crippen LogP contribution in [-0.4, -0.2) is 35.1 Å². The highest BCUT2D eigenvalue weighted by molar-refractivity contribution is 6.24. The number of carbonyl (C=O) groups is 3. The summed E-state index contributed by atoms with van der Waals surface area (Å²) in [5.74, 6) is -0.382. The van der Waals surface area contributed by atoms with E-state index in [-0.39, 0.29) is 5.78 Å². The number of rotatable bonds is 3. The average Bonchev–Trinajstić information content (AvgIpc) is 3.04. The number of ether oxygens (including phenoxy) is 1. The molecule has 0 radical (unpaired) electrons. The van der Waals surface area contributed by atoms with Crippen LogP contribution in [0, 0.1) is 0 Å². The Labute approximate surface area is 138 Å². The van der Waals surface area contributed by atoms with E-state index >= 15 is 0 Å². The fourth-order valence-electron chi connectivity index (χ4n) is 3.40. The van der Waals surface area contributed by atoms with Gasteiger partial charge in [0.05, 0.1) is 17.7 Å². The lowest BCUT2D eigenvalue weighted by atomic mass is 10.1. The summed E-state index contributed by atoms with van der Waals surface area (Å²) in [7, 11) is 0. The molecule has 0 saturated heterocycles. The number of hydrogen-bond acceptors (Lipinski definition) is 4. The summed E-state index contributed by atoms with van der Waals surface area (Å²) in [6.07, 6.45) is 0.353. The smallest absolute Gasteiger partial charge is 0.262 e. The predicted molar refractivity (Wildman–Crippen MR) is 86.4 cm³/mol. The number of benzene rings is 2. The topological polar surface area (TPSA) is 63.7 Å². The van der Waals surface area contributed by atoms with Crippen molar-refractivity contribution < 1.29 is 19.1 Å². The van der Waals surface area contributed by atoms with Gasteiger partial charge in [0.2, 0.25) is 0 Å².